The SMILES string of the molecule is CC(C)(C)c1ccc(Nc2ccc3c(c2)C2(CCCCC2)c2cc4c(cc2-3)C(C)(C)c2ccc3ccccc3c2-4)cc1. The summed E-state index contributed by atoms with van der Waals surface area (Å²) in [5.74, 6) is 0. The molecule has 5 aromatic carbocycles. The number of rotatable bonds is 2. The van der Waals surface area contributed by atoms with Gasteiger partial charge in [0, 0.05) is 22.2 Å². The van der Waals surface area contributed by atoms with E-state index in [9.17, 15) is 0 Å². The van der Waals surface area contributed by atoms with Crippen LogP contribution in [0.15, 0.2) is 91.0 Å². The maximum atomic E-state index is 3.75. The van der Waals surface area contributed by atoms with Gasteiger partial charge in [-0.15, -0.1) is 0 Å². The second-order valence-electron chi connectivity index (χ2n) is 14.6. The van der Waals surface area contributed by atoms with Crippen LogP contribution in [-0.4, -0.2) is 0 Å². The van der Waals surface area contributed by atoms with Crippen molar-refractivity contribution in [3.63, 3.8) is 0 Å². The molecule has 42 heavy (non-hydrogen) atoms. The zero-order chi connectivity index (χ0) is 28.9. The molecule has 0 amide bonds. The molecule has 0 heterocycles. The van der Waals surface area contributed by atoms with E-state index in [-0.39, 0.29) is 16.2 Å². The monoisotopic (exact) mass is 547 g/mol. The average Bonchev–Trinajstić information content (AvgIpc) is 3.37. The number of hydrogen-bond donors (Lipinski definition) is 1. The number of hydrogen-bond acceptors (Lipinski definition) is 1. The summed E-state index contributed by atoms with van der Waals surface area (Å²) in [5.41, 5.74) is 15.8. The molecule has 3 aliphatic carbocycles. The first-order valence-electron chi connectivity index (χ1n) is 15.9. The minimum absolute atomic E-state index is 0.0209. The largest absolute Gasteiger partial charge is 0.356 e. The molecule has 1 saturated carbocycles. The Balaban J connectivity index is 1.27. The summed E-state index contributed by atoms with van der Waals surface area (Å²) >= 11 is 0. The maximum Gasteiger partial charge on any atom is 0.0387 e. The Morgan fingerprint density at radius 1 is 0.595 bits per heavy atom. The van der Waals surface area contributed by atoms with Crippen LogP contribution in [0.25, 0.3) is 33.0 Å². The zero-order valence-corrected chi connectivity index (χ0v) is 25.7. The highest BCUT2D eigenvalue weighted by Crippen LogP contribution is 2.60. The molecule has 0 atom stereocenters. The lowest BCUT2D eigenvalue weighted by Crippen LogP contribution is -2.28. The van der Waals surface area contributed by atoms with Crippen molar-refractivity contribution in [2.75, 3.05) is 5.32 Å². The van der Waals surface area contributed by atoms with Crippen LogP contribution in [0, 0.1) is 0 Å². The molecule has 0 aromatic heterocycles. The van der Waals surface area contributed by atoms with E-state index >= 15 is 0 Å². The van der Waals surface area contributed by atoms with Crippen LogP contribution in [0.5, 0.6) is 0 Å². The van der Waals surface area contributed by atoms with Crippen molar-refractivity contribution in [2.24, 2.45) is 0 Å². The number of benzene rings is 5. The first kappa shape index (κ1) is 25.8. The van der Waals surface area contributed by atoms with Gasteiger partial charge < -0.3 is 5.32 Å². The van der Waals surface area contributed by atoms with Crippen molar-refractivity contribution in [1.82, 2.24) is 0 Å². The molecular weight excluding hydrogens is 506 g/mol. The smallest absolute Gasteiger partial charge is 0.0387 e. The second-order valence-corrected chi connectivity index (χ2v) is 14.6. The van der Waals surface area contributed by atoms with Crippen molar-refractivity contribution in [2.45, 2.75) is 83.0 Å². The van der Waals surface area contributed by atoms with E-state index < -0.39 is 0 Å². The van der Waals surface area contributed by atoms with E-state index in [0.717, 1.165) is 5.69 Å². The fourth-order valence-electron chi connectivity index (χ4n) is 8.48. The highest BCUT2D eigenvalue weighted by molar-refractivity contribution is 6.03. The molecule has 1 N–H and O–H groups in total. The van der Waals surface area contributed by atoms with Crippen LogP contribution in [0.2, 0.25) is 0 Å². The Labute approximate surface area is 251 Å². The van der Waals surface area contributed by atoms with E-state index in [4.69, 9.17) is 0 Å². The summed E-state index contributed by atoms with van der Waals surface area (Å²) in [6, 6.07) is 35.0. The first-order valence-corrected chi connectivity index (χ1v) is 15.9. The van der Waals surface area contributed by atoms with Gasteiger partial charge in [0.25, 0.3) is 0 Å². The van der Waals surface area contributed by atoms with Gasteiger partial charge in [0.2, 0.25) is 0 Å². The third-order valence-corrected chi connectivity index (χ3v) is 10.8. The van der Waals surface area contributed by atoms with Gasteiger partial charge in [-0.1, -0.05) is 108 Å². The highest BCUT2D eigenvalue weighted by Gasteiger charge is 2.46. The molecular formula is C41H41N. The van der Waals surface area contributed by atoms with Crippen LogP contribution < -0.4 is 5.32 Å². The molecule has 8 rings (SSSR count). The molecule has 0 aliphatic heterocycles. The lowest BCUT2D eigenvalue weighted by molar-refractivity contribution is 0.353. The Morgan fingerprint density at radius 2 is 1.29 bits per heavy atom. The predicted octanol–water partition coefficient (Wildman–Crippen LogP) is 11.4. The standard InChI is InChI=1S/C41H41N/c1-39(2,3)27-14-16-28(17-15-27)42-29-18-19-31-32-24-35-33(25-37(32)41(36(31)23-29)21-9-6-10-22-41)38-30-12-8-7-11-26(30)13-20-34(38)40(35,4)5/h7-8,11-20,23-25,42H,6,9-10,21-22H2,1-5H3. The Bertz CT molecular complexity index is 1870. The van der Waals surface area contributed by atoms with Gasteiger partial charge in [0.1, 0.15) is 0 Å². The van der Waals surface area contributed by atoms with E-state index in [1.165, 1.54) is 93.1 Å². The fourth-order valence-corrected chi connectivity index (χ4v) is 8.48. The molecule has 210 valence electrons. The molecule has 0 bridgehead atoms. The molecule has 1 spiro atoms. The Hall–Kier alpha value is -3.84. The quantitative estimate of drug-likeness (QED) is 0.232. The van der Waals surface area contributed by atoms with Gasteiger partial charge in [-0.05, 0) is 115 Å². The summed E-state index contributed by atoms with van der Waals surface area (Å²) in [6.07, 6.45) is 6.42. The van der Waals surface area contributed by atoms with Gasteiger partial charge >= 0.3 is 0 Å². The van der Waals surface area contributed by atoms with Crippen LogP contribution in [0.1, 0.15) is 94.5 Å². The topological polar surface area (TPSA) is 12.0 Å². The molecule has 0 saturated heterocycles. The predicted molar refractivity (Wildman–Crippen MR) is 179 cm³/mol. The maximum absolute atomic E-state index is 3.75. The van der Waals surface area contributed by atoms with Crippen molar-refractivity contribution in [1.29, 1.82) is 0 Å². The fraction of sp³-hybridized carbons (Fsp3) is 0.317. The van der Waals surface area contributed by atoms with E-state index in [1.54, 1.807) is 5.56 Å². The van der Waals surface area contributed by atoms with E-state index in [0.29, 0.717) is 0 Å². The van der Waals surface area contributed by atoms with Crippen LogP contribution in [0.3, 0.4) is 0 Å². The summed E-state index contributed by atoms with van der Waals surface area (Å²) in [5, 5.41) is 6.48. The van der Waals surface area contributed by atoms with E-state index in [1.807, 2.05) is 0 Å². The summed E-state index contributed by atoms with van der Waals surface area (Å²) in [7, 11) is 0. The number of fused-ring (bicyclic) bond motifs is 10. The van der Waals surface area contributed by atoms with Gasteiger partial charge in [-0.25, -0.2) is 0 Å². The van der Waals surface area contributed by atoms with Crippen molar-refractivity contribution in [3.8, 4) is 22.3 Å². The molecule has 0 radical (unpaired) electrons. The lowest BCUT2D eigenvalue weighted by Gasteiger charge is -2.36. The Kier molecular flexibility index (Phi) is 5.43. The van der Waals surface area contributed by atoms with Gasteiger partial charge in [0.05, 0.1) is 0 Å². The summed E-state index contributed by atoms with van der Waals surface area (Å²) in [4.78, 5) is 0. The molecule has 0 unspecified atom stereocenters. The molecule has 3 aliphatic rings. The van der Waals surface area contributed by atoms with Crippen molar-refractivity contribution >= 4 is 22.1 Å². The minimum atomic E-state index is -0.0209. The average molecular weight is 548 g/mol. The van der Waals surface area contributed by atoms with Crippen LogP contribution in [0.4, 0.5) is 11.4 Å². The molecule has 1 fully saturated rings. The number of nitrogens with one attached hydrogen (secondary N) is 1. The second kappa shape index (κ2) is 8.83. The normalized spacial score (nSPS) is 17.5. The zero-order valence-electron chi connectivity index (χ0n) is 25.7. The van der Waals surface area contributed by atoms with Crippen LogP contribution in [-0.2, 0) is 16.2 Å². The summed E-state index contributed by atoms with van der Waals surface area (Å²) < 4.78 is 0. The lowest BCUT2D eigenvalue weighted by atomic mass is 9.67. The Morgan fingerprint density at radius 3 is 2.05 bits per heavy atom. The number of anilines is 2. The minimum Gasteiger partial charge on any atom is -0.356 e. The molecule has 1 heteroatoms. The van der Waals surface area contributed by atoms with Crippen LogP contribution >= 0.6 is 0 Å². The third-order valence-electron chi connectivity index (χ3n) is 10.8. The van der Waals surface area contributed by atoms with E-state index in [2.05, 4.69) is 131 Å². The summed E-state index contributed by atoms with van der Waals surface area (Å²) in [6.45, 7) is 11.7. The van der Waals surface area contributed by atoms with Crippen molar-refractivity contribution in [3.05, 3.63) is 119 Å². The third kappa shape index (κ3) is 3.62. The molecule has 5 aromatic rings. The molecule has 1 nitrogen and oxygen atoms in total. The first-order chi connectivity index (χ1) is 20.2. The van der Waals surface area contributed by atoms with Gasteiger partial charge in [0.15, 0.2) is 0 Å². The van der Waals surface area contributed by atoms with Gasteiger partial charge in [-0.2, -0.15) is 0 Å². The van der Waals surface area contributed by atoms with Crippen molar-refractivity contribution < 1.29 is 0 Å². The highest BCUT2D eigenvalue weighted by atomic mass is 14.9. The van der Waals surface area contributed by atoms with Gasteiger partial charge in [-0.3, -0.25) is 0 Å².